The first-order valence-electron chi connectivity index (χ1n) is 6.42. The number of hydrogen-bond donors (Lipinski definition) is 2. The fraction of sp³-hybridized carbons (Fsp3) is 0.417. The number of nitrogens with two attached hydrogens (primary N) is 1. The van der Waals surface area contributed by atoms with Gasteiger partial charge in [-0.1, -0.05) is 0 Å². The van der Waals surface area contributed by atoms with E-state index in [9.17, 15) is 9.59 Å². The number of carbonyl (C=O) groups is 2. The van der Waals surface area contributed by atoms with Crippen molar-refractivity contribution in [3.05, 3.63) is 28.2 Å². The number of rotatable bonds is 3. The van der Waals surface area contributed by atoms with Gasteiger partial charge in [-0.05, 0) is 6.92 Å². The molecule has 3 rings (SSSR count). The number of likely N-dealkylation sites (tertiary alicyclic amines) is 1. The van der Waals surface area contributed by atoms with Gasteiger partial charge in [0, 0.05) is 18.5 Å². The van der Waals surface area contributed by atoms with Crippen LogP contribution in [0.5, 0.6) is 0 Å². The average molecular weight is 306 g/mol. The molecule has 1 aliphatic heterocycles. The summed E-state index contributed by atoms with van der Waals surface area (Å²) < 4.78 is 0. The van der Waals surface area contributed by atoms with Crippen molar-refractivity contribution < 1.29 is 9.59 Å². The van der Waals surface area contributed by atoms with E-state index in [-0.39, 0.29) is 18.4 Å². The summed E-state index contributed by atoms with van der Waals surface area (Å²) in [7, 11) is 0. The fourth-order valence-electron chi connectivity index (χ4n) is 2.53. The van der Waals surface area contributed by atoms with Crippen molar-refractivity contribution in [1.29, 1.82) is 0 Å². The van der Waals surface area contributed by atoms with Gasteiger partial charge in [0.2, 0.25) is 5.91 Å². The second kappa shape index (κ2) is 5.24. The smallest absolute Gasteiger partial charge is 0.273 e. The fourth-order valence-corrected chi connectivity index (χ4v) is 3.05. The summed E-state index contributed by atoms with van der Waals surface area (Å²) in [6, 6.07) is 0. The molecule has 2 aromatic heterocycles. The molecule has 110 valence electrons. The summed E-state index contributed by atoms with van der Waals surface area (Å²) in [5.41, 5.74) is 7.44. The zero-order valence-electron chi connectivity index (χ0n) is 11.3. The van der Waals surface area contributed by atoms with Crippen molar-refractivity contribution in [2.24, 2.45) is 11.7 Å². The number of aromatic nitrogens is 4. The van der Waals surface area contributed by atoms with Gasteiger partial charge in [0.1, 0.15) is 11.5 Å². The molecular weight excluding hydrogens is 292 g/mol. The maximum atomic E-state index is 12.3. The quantitative estimate of drug-likeness (QED) is 0.821. The second-order valence-corrected chi connectivity index (χ2v) is 5.70. The Balaban J connectivity index is 1.84. The number of nitrogens with one attached hydrogen (secondary N) is 1. The number of hydrogen-bond acceptors (Lipinski definition) is 6. The lowest BCUT2D eigenvalue weighted by Gasteiger charge is -2.13. The molecule has 1 aliphatic rings. The summed E-state index contributed by atoms with van der Waals surface area (Å²) in [5, 5.41) is 8.53. The standard InChI is InChI=1S/C12H14N6O2S/c1-6-15-11(17-16-6)8-3-18(2-7(8)10(13)19)12(20)9-4-21-5-14-9/h4-5,7-8H,2-3H2,1H3,(H2,13,19)(H,15,16,17). The molecule has 2 aromatic rings. The third-order valence-electron chi connectivity index (χ3n) is 3.57. The van der Waals surface area contributed by atoms with E-state index < -0.39 is 11.8 Å². The third-order valence-corrected chi connectivity index (χ3v) is 4.16. The molecule has 0 aromatic carbocycles. The molecule has 0 spiro atoms. The number of aryl methyl sites for hydroxylation is 1. The van der Waals surface area contributed by atoms with Crippen LogP contribution in [0.2, 0.25) is 0 Å². The van der Waals surface area contributed by atoms with Crippen molar-refractivity contribution in [1.82, 2.24) is 25.1 Å². The number of aromatic amines is 1. The maximum Gasteiger partial charge on any atom is 0.273 e. The van der Waals surface area contributed by atoms with Gasteiger partial charge < -0.3 is 10.6 Å². The van der Waals surface area contributed by atoms with Gasteiger partial charge in [-0.25, -0.2) is 9.97 Å². The summed E-state index contributed by atoms with van der Waals surface area (Å²) in [5.74, 6) is -0.228. The lowest BCUT2D eigenvalue weighted by Crippen LogP contribution is -2.32. The molecule has 0 bridgehead atoms. The SMILES string of the molecule is Cc1nc(C2CN(C(=O)c3cscn3)CC2C(N)=O)n[nH]1. The predicted molar refractivity (Wildman–Crippen MR) is 74.6 cm³/mol. The van der Waals surface area contributed by atoms with E-state index >= 15 is 0 Å². The van der Waals surface area contributed by atoms with Gasteiger partial charge in [-0.3, -0.25) is 14.7 Å². The Bertz CT molecular complexity index is 667. The van der Waals surface area contributed by atoms with E-state index in [0.29, 0.717) is 23.9 Å². The van der Waals surface area contributed by atoms with Crippen LogP contribution in [0.15, 0.2) is 10.9 Å². The molecular formula is C12H14N6O2S. The Kier molecular flexibility index (Phi) is 3.42. The first-order valence-corrected chi connectivity index (χ1v) is 7.36. The predicted octanol–water partition coefficient (Wildman–Crippen LogP) is -0.0893. The van der Waals surface area contributed by atoms with Gasteiger partial charge in [0.15, 0.2) is 5.82 Å². The topological polar surface area (TPSA) is 118 Å². The van der Waals surface area contributed by atoms with Crippen LogP contribution in [0.25, 0.3) is 0 Å². The van der Waals surface area contributed by atoms with Gasteiger partial charge in [0.25, 0.3) is 5.91 Å². The van der Waals surface area contributed by atoms with E-state index in [1.807, 2.05) is 0 Å². The minimum atomic E-state index is -0.484. The van der Waals surface area contributed by atoms with Crippen molar-refractivity contribution in [3.63, 3.8) is 0 Å². The van der Waals surface area contributed by atoms with Gasteiger partial charge in [0.05, 0.1) is 17.3 Å². The van der Waals surface area contributed by atoms with Crippen molar-refractivity contribution in [2.75, 3.05) is 13.1 Å². The Hall–Kier alpha value is -2.29. The van der Waals surface area contributed by atoms with Crippen LogP contribution < -0.4 is 5.73 Å². The zero-order valence-corrected chi connectivity index (χ0v) is 12.1. The molecule has 2 amide bonds. The Morgan fingerprint density at radius 2 is 2.29 bits per heavy atom. The lowest BCUT2D eigenvalue weighted by molar-refractivity contribution is -0.121. The van der Waals surface area contributed by atoms with Gasteiger partial charge in [-0.2, -0.15) is 5.10 Å². The number of thiazole rings is 1. The minimum absolute atomic E-state index is 0.197. The number of carbonyl (C=O) groups excluding carboxylic acids is 2. The minimum Gasteiger partial charge on any atom is -0.369 e. The van der Waals surface area contributed by atoms with Crippen LogP contribution in [0.4, 0.5) is 0 Å². The van der Waals surface area contributed by atoms with E-state index in [0.717, 1.165) is 0 Å². The van der Waals surface area contributed by atoms with Crippen LogP contribution in [-0.4, -0.2) is 50.0 Å². The molecule has 0 radical (unpaired) electrons. The molecule has 0 saturated carbocycles. The molecule has 1 saturated heterocycles. The molecule has 3 N–H and O–H groups in total. The molecule has 8 nitrogen and oxygen atoms in total. The Labute approximate surface area is 124 Å². The van der Waals surface area contributed by atoms with Gasteiger partial charge in [-0.15, -0.1) is 11.3 Å². The molecule has 0 aliphatic carbocycles. The van der Waals surface area contributed by atoms with E-state index in [4.69, 9.17) is 5.73 Å². The van der Waals surface area contributed by atoms with E-state index in [1.165, 1.54) is 11.3 Å². The Morgan fingerprint density at radius 1 is 1.48 bits per heavy atom. The van der Waals surface area contributed by atoms with Crippen molar-refractivity contribution >= 4 is 23.2 Å². The van der Waals surface area contributed by atoms with Crippen LogP contribution >= 0.6 is 11.3 Å². The van der Waals surface area contributed by atoms with Crippen LogP contribution in [0.3, 0.4) is 0 Å². The molecule has 21 heavy (non-hydrogen) atoms. The van der Waals surface area contributed by atoms with E-state index in [1.54, 1.807) is 22.7 Å². The highest BCUT2D eigenvalue weighted by Gasteiger charge is 2.41. The van der Waals surface area contributed by atoms with Crippen LogP contribution in [-0.2, 0) is 4.79 Å². The van der Waals surface area contributed by atoms with Crippen LogP contribution in [0, 0.1) is 12.8 Å². The van der Waals surface area contributed by atoms with Crippen molar-refractivity contribution in [2.45, 2.75) is 12.8 Å². The lowest BCUT2D eigenvalue weighted by atomic mass is 9.95. The number of H-pyrrole nitrogens is 1. The molecule has 2 atom stereocenters. The first kappa shape index (κ1) is 13.7. The summed E-state index contributed by atoms with van der Waals surface area (Å²) in [4.78, 5) is 33.8. The Morgan fingerprint density at radius 3 is 2.86 bits per heavy atom. The van der Waals surface area contributed by atoms with Crippen molar-refractivity contribution in [3.8, 4) is 0 Å². The molecule has 1 fully saturated rings. The number of primary amides is 1. The number of nitrogens with zero attached hydrogens (tertiary/aromatic N) is 4. The molecule has 3 heterocycles. The highest BCUT2D eigenvalue weighted by molar-refractivity contribution is 7.07. The second-order valence-electron chi connectivity index (χ2n) is 4.98. The molecule has 2 unspecified atom stereocenters. The highest BCUT2D eigenvalue weighted by Crippen LogP contribution is 2.31. The summed E-state index contributed by atoms with van der Waals surface area (Å²) in [6.45, 7) is 2.41. The summed E-state index contributed by atoms with van der Waals surface area (Å²) >= 11 is 1.35. The first-order chi connectivity index (χ1) is 10.1. The highest BCUT2D eigenvalue weighted by atomic mass is 32.1. The van der Waals surface area contributed by atoms with Gasteiger partial charge >= 0.3 is 0 Å². The monoisotopic (exact) mass is 306 g/mol. The maximum absolute atomic E-state index is 12.3. The van der Waals surface area contributed by atoms with E-state index in [2.05, 4.69) is 20.2 Å². The zero-order chi connectivity index (χ0) is 15.0. The number of amides is 2. The summed E-state index contributed by atoms with van der Waals surface area (Å²) in [6.07, 6.45) is 0. The molecule has 9 heteroatoms. The largest absolute Gasteiger partial charge is 0.369 e. The van der Waals surface area contributed by atoms with Crippen LogP contribution in [0.1, 0.15) is 28.1 Å². The average Bonchev–Trinajstić information content (AvgIpc) is 3.17. The normalized spacial score (nSPS) is 21.7. The third kappa shape index (κ3) is 2.51.